The first-order valence-electron chi connectivity index (χ1n) is 8.97. The summed E-state index contributed by atoms with van der Waals surface area (Å²) in [5, 5.41) is 6.41. The van der Waals surface area contributed by atoms with Crippen molar-refractivity contribution in [1.29, 1.82) is 0 Å². The van der Waals surface area contributed by atoms with Gasteiger partial charge in [-0.3, -0.25) is 14.0 Å². The number of pyridine rings is 1. The zero-order chi connectivity index (χ0) is 18.8. The van der Waals surface area contributed by atoms with Crippen molar-refractivity contribution in [2.75, 3.05) is 5.32 Å². The molecule has 2 N–H and O–H groups in total. The van der Waals surface area contributed by atoms with Gasteiger partial charge in [0, 0.05) is 22.9 Å². The van der Waals surface area contributed by atoms with Crippen molar-refractivity contribution >= 4 is 34.6 Å². The average molecular weight is 383 g/mol. The molecule has 4 rings (SSSR count). The number of fused-ring (bicyclic) bond motifs is 1. The van der Waals surface area contributed by atoms with Gasteiger partial charge in [-0.15, -0.1) is 0 Å². The summed E-state index contributed by atoms with van der Waals surface area (Å²) in [6.45, 7) is 0. The second-order valence-corrected chi connectivity index (χ2v) is 7.09. The highest BCUT2D eigenvalue weighted by atomic mass is 35.5. The Morgan fingerprint density at radius 3 is 2.52 bits per heavy atom. The van der Waals surface area contributed by atoms with E-state index in [1.807, 2.05) is 12.1 Å². The van der Waals surface area contributed by atoms with Gasteiger partial charge in [-0.05, 0) is 49.2 Å². The summed E-state index contributed by atoms with van der Waals surface area (Å²) in [4.78, 5) is 29.8. The van der Waals surface area contributed by atoms with Gasteiger partial charge in [0.15, 0.2) is 5.69 Å². The molecule has 138 valence electrons. The molecule has 2 heterocycles. The Hall–Kier alpha value is -2.86. The predicted octanol–water partition coefficient (Wildman–Crippen LogP) is 3.91. The van der Waals surface area contributed by atoms with E-state index in [0.29, 0.717) is 16.2 Å². The number of imidazole rings is 1. The third kappa shape index (κ3) is 3.66. The van der Waals surface area contributed by atoms with Gasteiger partial charge >= 0.3 is 0 Å². The number of nitrogens with zero attached hydrogens (tertiary/aromatic N) is 2. The zero-order valence-electron chi connectivity index (χ0n) is 14.6. The molecule has 2 aromatic heterocycles. The van der Waals surface area contributed by atoms with Crippen LogP contribution in [0.1, 0.15) is 46.8 Å². The molecule has 7 heteroatoms. The molecular weight excluding hydrogens is 364 g/mol. The number of amides is 2. The number of hydrogen-bond donors (Lipinski definition) is 2. The highest BCUT2D eigenvalue weighted by molar-refractivity contribution is 6.30. The van der Waals surface area contributed by atoms with Crippen molar-refractivity contribution in [3.63, 3.8) is 0 Å². The van der Waals surface area contributed by atoms with Crippen molar-refractivity contribution < 1.29 is 9.59 Å². The van der Waals surface area contributed by atoms with E-state index < -0.39 is 0 Å². The van der Waals surface area contributed by atoms with Crippen molar-refractivity contribution in [3.05, 3.63) is 65.2 Å². The van der Waals surface area contributed by atoms with Crippen LogP contribution in [0.3, 0.4) is 0 Å². The molecule has 2 amide bonds. The number of carbonyl (C=O) groups excluding carboxylic acids is 2. The number of carbonyl (C=O) groups is 2. The van der Waals surface area contributed by atoms with Crippen LogP contribution in [0.25, 0.3) is 5.52 Å². The van der Waals surface area contributed by atoms with Crippen LogP contribution in [-0.4, -0.2) is 27.2 Å². The fraction of sp³-hybridized carbons (Fsp3) is 0.250. The Labute approximate surface area is 161 Å². The second-order valence-electron chi connectivity index (χ2n) is 6.66. The molecule has 1 aliphatic rings. The summed E-state index contributed by atoms with van der Waals surface area (Å²) < 4.78 is 1.65. The maximum absolute atomic E-state index is 12.7. The molecule has 1 fully saturated rings. The number of nitrogens with one attached hydrogen (secondary N) is 2. The molecule has 3 aromatic rings. The van der Waals surface area contributed by atoms with Crippen LogP contribution >= 0.6 is 11.6 Å². The summed E-state index contributed by atoms with van der Waals surface area (Å²) in [5.41, 5.74) is 1.40. The average Bonchev–Trinajstić information content (AvgIpc) is 3.31. The first-order chi connectivity index (χ1) is 13.1. The van der Waals surface area contributed by atoms with Gasteiger partial charge in [0.05, 0.1) is 5.52 Å². The summed E-state index contributed by atoms with van der Waals surface area (Å²) in [6, 6.07) is 12.4. The van der Waals surface area contributed by atoms with E-state index in [2.05, 4.69) is 15.6 Å². The largest absolute Gasteiger partial charge is 0.347 e. The Morgan fingerprint density at radius 1 is 1.04 bits per heavy atom. The van der Waals surface area contributed by atoms with E-state index in [9.17, 15) is 9.59 Å². The van der Waals surface area contributed by atoms with Gasteiger partial charge in [-0.2, -0.15) is 0 Å². The third-order valence-corrected chi connectivity index (χ3v) is 5.01. The molecule has 27 heavy (non-hydrogen) atoms. The SMILES string of the molecule is O=C(Nc1ccc(Cl)cc1)c1nc(C(=O)NC2CCCC2)n2ccccc12. The molecule has 0 atom stereocenters. The molecule has 0 aliphatic heterocycles. The van der Waals surface area contributed by atoms with Gasteiger partial charge in [-0.1, -0.05) is 30.5 Å². The van der Waals surface area contributed by atoms with Crippen molar-refractivity contribution in [1.82, 2.24) is 14.7 Å². The number of halogens is 1. The second kappa shape index (κ2) is 7.40. The number of anilines is 1. The maximum atomic E-state index is 12.7. The van der Waals surface area contributed by atoms with Crippen LogP contribution in [0.15, 0.2) is 48.7 Å². The first-order valence-corrected chi connectivity index (χ1v) is 9.34. The molecular formula is C20H19ClN4O2. The Bertz CT molecular complexity index is 991. The number of aromatic nitrogens is 2. The Balaban J connectivity index is 1.63. The standard InChI is InChI=1S/C20H19ClN4O2/c21-13-8-10-15(11-9-13)22-19(26)17-16-7-3-4-12-25(16)18(24-17)20(27)23-14-5-1-2-6-14/h3-4,7-12,14H,1-2,5-6H2,(H,22,26)(H,23,27). The van der Waals surface area contributed by atoms with Gasteiger partial charge in [0.25, 0.3) is 11.8 Å². The highest BCUT2D eigenvalue weighted by Gasteiger charge is 2.24. The summed E-state index contributed by atoms with van der Waals surface area (Å²) in [5.74, 6) is -0.409. The quantitative estimate of drug-likeness (QED) is 0.718. The Morgan fingerprint density at radius 2 is 1.78 bits per heavy atom. The fourth-order valence-electron chi connectivity index (χ4n) is 3.41. The van der Waals surface area contributed by atoms with Crippen molar-refractivity contribution in [2.45, 2.75) is 31.7 Å². The lowest BCUT2D eigenvalue weighted by atomic mass is 10.2. The summed E-state index contributed by atoms with van der Waals surface area (Å²) in [6.07, 6.45) is 5.97. The van der Waals surface area contributed by atoms with E-state index in [0.717, 1.165) is 25.7 Å². The third-order valence-electron chi connectivity index (χ3n) is 4.76. The van der Waals surface area contributed by atoms with Crippen LogP contribution in [0.5, 0.6) is 0 Å². The van der Waals surface area contributed by atoms with Crippen LogP contribution in [-0.2, 0) is 0 Å². The maximum Gasteiger partial charge on any atom is 0.287 e. The van der Waals surface area contributed by atoms with Crippen LogP contribution in [0.4, 0.5) is 5.69 Å². The van der Waals surface area contributed by atoms with E-state index in [-0.39, 0.29) is 29.4 Å². The molecule has 1 saturated carbocycles. The predicted molar refractivity (Wildman–Crippen MR) is 104 cm³/mol. The molecule has 0 unspecified atom stereocenters. The number of hydrogen-bond acceptors (Lipinski definition) is 3. The number of rotatable bonds is 4. The molecule has 0 bridgehead atoms. The zero-order valence-corrected chi connectivity index (χ0v) is 15.4. The van der Waals surface area contributed by atoms with Crippen molar-refractivity contribution in [2.24, 2.45) is 0 Å². The van der Waals surface area contributed by atoms with E-state index >= 15 is 0 Å². The Kier molecular flexibility index (Phi) is 4.81. The fourth-order valence-corrected chi connectivity index (χ4v) is 3.53. The lowest BCUT2D eigenvalue weighted by Gasteiger charge is -2.10. The normalized spacial score (nSPS) is 14.4. The van der Waals surface area contributed by atoms with Gasteiger partial charge in [-0.25, -0.2) is 4.98 Å². The first kappa shape index (κ1) is 17.5. The molecule has 1 aromatic carbocycles. The smallest absolute Gasteiger partial charge is 0.287 e. The van der Waals surface area contributed by atoms with Crippen LogP contribution in [0.2, 0.25) is 5.02 Å². The lowest BCUT2D eigenvalue weighted by molar-refractivity contribution is 0.0926. The monoisotopic (exact) mass is 382 g/mol. The molecule has 0 spiro atoms. The van der Waals surface area contributed by atoms with Crippen LogP contribution in [0, 0.1) is 0 Å². The van der Waals surface area contributed by atoms with Crippen LogP contribution < -0.4 is 10.6 Å². The molecule has 6 nitrogen and oxygen atoms in total. The molecule has 1 aliphatic carbocycles. The molecule has 0 radical (unpaired) electrons. The highest BCUT2D eigenvalue weighted by Crippen LogP contribution is 2.20. The van der Waals surface area contributed by atoms with E-state index in [4.69, 9.17) is 11.6 Å². The summed E-state index contributed by atoms with van der Waals surface area (Å²) in [7, 11) is 0. The topological polar surface area (TPSA) is 75.5 Å². The minimum atomic E-state index is -0.374. The molecule has 0 saturated heterocycles. The summed E-state index contributed by atoms with van der Waals surface area (Å²) >= 11 is 5.88. The number of benzene rings is 1. The lowest BCUT2D eigenvalue weighted by Crippen LogP contribution is -2.33. The van der Waals surface area contributed by atoms with Crippen molar-refractivity contribution in [3.8, 4) is 0 Å². The van der Waals surface area contributed by atoms with Gasteiger partial charge < -0.3 is 10.6 Å². The van der Waals surface area contributed by atoms with Gasteiger partial charge in [0.1, 0.15) is 0 Å². The minimum Gasteiger partial charge on any atom is -0.347 e. The van der Waals surface area contributed by atoms with E-state index in [1.165, 1.54) is 0 Å². The minimum absolute atomic E-state index is 0.180. The van der Waals surface area contributed by atoms with E-state index in [1.54, 1.807) is 40.9 Å². The van der Waals surface area contributed by atoms with Gasteiger partial charge in [0.2, 0.25) is 5.82 Å².